The van der Waals surface area contributed by atoms with Gasteiger partial charge in [-0.15, -0.1) is 11.3 Å². The van der Waals surface area contributed by atoms with Gasteiger partial charge in [0.1, 0.15) is 18.3 Å². The first kappa shape index (κ1) is 34.0. The number of hydrogen-bond acceptors (Lipinski definition) is 14. The number of nitrogens with zero attached hydrogens (tertiary/aromatic N) is 4. The summed E-state index contributed by atoms with van der Waals surface area (Å²) in [5, 5.41) is 18.3. The number of ether oxygens (including phenoxy) is 1. The maximum atomic E-state index is 13.1. The molecule has 0 radical (unpaired) electrons. The third kappa shape index (κ3) is 7.98. The molecule has 3 N–H and O–H groups in total. The largest absolute Gasteiger partial charge is 1.00 e. The van der Waals surface area contributed by atoms with Crippen LogP contribution in [0.3, 0.4) is 0 Å². The Morgan fingerprint density at radius 3 is 2.39 bits per heavy atom. The molecule has 1 saturated heterocycles. The molecular weight excluding hydrogens is 595 g/mol. The van der Waals surface area contributed by atoms with Crippen molar-refractivity contribution in [2.45, 2.75) is 52.0 Å². The molecule has 216 valence electrons. The van der Waals surface area contributed by atoms with Gasteiger partial charge in [-0.2, -0.15) is 0 Å². The Morgan fingerprint density at radius 1 is 1.29 bits per heavy atom. The minimum absolute atomic E-state index is 0. The molecule has 0 aliphatic carbocycles. The predicted octanol–water partition coefficient (Wildman–Crippen LogP) is -2.31. The Kier molecular flexibility index (Phi) is 11.0. The van der Waals surface area contributed by atoms with E-state index in [2.05, 4.69) is 15.5 Å². The summed E-state index contributed by atoms with van der Waals surface area (Å²) in [7, 11) is -5.10. The molecule has 19 heteroatoms. The van der Waals surface area contributed by atoms with Crippen LogP contribution in [0.15, 0.2) is 34.8 Å². The van der Waals surface area contributed by atoms with Crippen molar-refractivity contribution in [1.29, 1.82) is 0 Å². The first-order valence-corrected chi connectivity index (χ1v) is 13.8. The van der Waals surface area contributed by atoms with Gasteiger partial charge in [-0.05, 0) is 37.5 Å². The molecule has 1 aliphatic rings. The van der Waals surface area contributed by atoms with Gasteiger partial charge < -0.3 is 25.2 Å². The van der Waals surface area contributed by atoms with Gasteiger partial charge in [-0.3, -0.25) is 19.7 Å². The van der Waals surface area contributed by atoms with E-state index in [-0.39, 0.29) is 57.0 Å². The number of aromatic nitrogens is 1. The molecule has 2 aromatic rings. The summed E-state index contributed by atoms with van der Waals surface area (Å²) in [5.41, 5.74) is 3.71. The molecule has 0 spiro atoms. The number of rotatable bonds is 11. The summed E-state index contributed by atoms with van der Waals surface area (Å²) in [6, 6.07) is 2.85. The summed E-state index contributed by atoms with van der Waals surface area (Å²) in [5.74, 6) is -3.53. The smallest absolute Gasteiger partial charge is 0.731 e. The summed E-state index contributed by atoms with van der Waals surface area (Å²) >= 11 is 0.967. The first-order chi connectivity index (χ1) is 18.5. The molecule has 0 bridgehead atoms. The van der Waals surface area contributed by atoms with Crippen molar-refractivity contribution in [1.82, 2.24) is 14.6 Å². The molecule has 41 heavy (non-hydrogen) atoms. The second-order valence-electron chi connectivity index (χ2n) is 9.39. The van der Waals surface area contributed by atoms with Crippen molar-refractivity contribution < 1.29 is 71.4 Å². The fourth-order valence-corrected chi connectivity index (χ4v) is 5.13. The van der Waals surface area contributed by atoms with Gasteiger partial charge in [0.05, 0.1) is 11.0 Å². The molecule has 0 unspecified atom stereocenters. The molecule has 1 aromatic carbocycles. The summed E-state index contributed by atoms with van der Waals surface area (Å²) in [4.78, 5) is 57.7. The van der Waals surface area contributed by atoms with Gasteiger partial charge in [0, 0.05) is 17.5 Å². The van der Waals surface area contributed by atoms with Crippen molar-refractivity contribution >= 4 is 56.0 Å². The van der Waals surface area contributed by atoms with Gasteiger partial charge in [-0.1, -0.05) is 19.0 Å². The molecule has 2 atom stereocenters. The van der Waals surface area contributed by atoms with Crippen LogP contribution >= 0.6 is 11.3 Å². The normalized spacial score (nSPS) is 17.4. The van der Waals surface area contributed by atoms with Gasteiger partial charge in [0.25, 0.3) is 17.5 Å². The minimum atomic E-state index is -5.10. The van der Waals surface area contributed by atoms with Crippen LogP contribution in [0.5, 0.6) is 0 Å². The Morgan fingerprint density at radius 2 is 1.90 bits per heavy atom. The molecule has 0 saturated carbocycles. The van der Waals surface area contributed by atoms with Crippen molar-refractivity contribution in [3.8, 4) is 0 Å². The molecule has 2 heterocycles. The number of amides is 2. The maximum Gasteiger partial charge on any atom is 1.00 e. The molecular formula is C22H25N6NaO10S2. The fraction of sp³-hybridized carbons (Fsp3) is 0.409. The third-order valence-electron chi connectivity index (χ3n) is 5.66. The zero-order chi connectivity index (χ0) is 30.0. The topological polar surface area (TPSA) is 237 Å². The Bertz CT molecular complexity index is 1460. The molecule has 3 rings (SSSR count). The zero-order valence-electron chi connectivity index (χ0n) is 22.6. The summed E-state index contributed by atoms with van der Waals surface area (Å²) in [6.45, 7) is 5.52. The van der Waals surface area contributed by atoms with Crippen LogP contribution in [0, 0.1) is 16.0 Å². The molecule has 1 aliphatic heterocycles. The zero-order valence-corrected chi connectivity index (χ0v) is 26.2. The predicted molar refractivity (Wildman–Crippen MR) is 138 cm³/mol. The quantitative estimate of drug-likeness (QED) is 0.0513. The number of esters is 1. The van der Waals surface area contributed by atoms with E-state index in [9.17, 15) is 37.5 Å². The van der Waals surface area contributed by atoms with Gasteiger partial charge in [0.2, 0.25) is 5.60 Å². The van der Waals surface area contributed by atoms with Crippen LogP contribution in [-0.4, -0.2) is 68.4 Å². The monoisotopic (exact) mass is 620 g/mol. The number of thiazole rings is 1. The van der Waals surface area contributed by atoms with Crippen molar-refractivity contribution in [2.75, 3.05) is 5.73 Å². The van der Waals surface area contributed by atoms with Crippen molar-refractivity contribution in [3.05, 3.63) is 51.0 Å². The van der Waals surface area contributed by atoms with E-state index >= 15 is 0 Å². The van der Waals surface area contributed by atoms with E-state index in [0.717, 1.165) is 11.3 Å². The minimum Gasteiger partial charge on any atom is -0.731 e. The van der Waals surface area contributed by atoms with Gasteiger partial charge in [-0.25, -0.2) is 22.5 Å². The van der Waals surface area contributed by atoms with Crippen molar-refractivity contribution in [2.24, 2.45) is 11.1 Å². The van der Waals surface area contributed by atoms with E-state index in [1.54, 1.807) is 13.8 Å². The number of hydrogen-bond donors (Lipinski definition) is 2. The van der Waals surface area contributed by atoms with Crippen LogP contribution in [0.25, 0.3) is 0 Å². The second-order valence-corrected chi connectivity index (χ2v) is 11.5. The number of carbonyl (C=O) groups is 3. The number of non-ortho nitro benzene ring substituents is 1. The number of anilines is 1. The average molecular weight is 621 g/mol. The summed E-state index contributed by atoms with van der Waals surface area (Å²) < 4.78 is 39.9. The van der Waals surface area contributed by atoms with Crippen LogP contribution in [0.2, 0.25) is 0 Å². The second kappa shape index (κ2) is 13.2. The van der Waals surface area contributed by atoms with Gasteiger partial charge >= 0.3 is 35.5 Å². The van der Waals surface area contributed by atoms with Crippen LogP contribution in [-0.2, 0) is 40.9 Å². The van der Waals surface area contributed by atoms with E-state index in [1.807, 2.05) is 0 Å². The molecule has 1 aromatic heterocycles. The van der Waals surface area contributed by atoms with Gasteiger partial charge in [0.15, 0.2) is 21.1 Å². The average Bonchev–Trinajstić information content (AvgIpc) is 3.28. The number of oxime groups is 1. The van der Waals surface area contributed by atoms with E-state index < -0.39 is 62.3 Å². The van der Waals surface area contributed by atoms with Crippen molar-refractivity contribution in [3.63, 3.8) is 0 Å². The molecule has 2 amide bonds. The maximum absolute atomic E-state index is 13.1. The molecule has 1 fully saturated rings. The third-order valence-corrected chi connectivity index (χ3v) is 7.24. The summed E-state index contributed by atoms with van der Waals surface area (Å²) in [6.07, 6.45) is 0. The number of nitrogens with two attached hydrogens (primary N) is 1. The number of benzene rings is 1. The van der Waals surface area contributed by atoms with E-state index in [4.69, 9.17) is 15.3 Å². The fourth-order valence-electron chi connectivity index (χ4n) is 3.59. The van der Waals surface area contributed by atoms with Crippen LogP contribution in [0.1, 0.15) is 39.0 Å². The Labute approximate surface area is 260 Å². The van der Waals surface area contributed by atoms with E-state index in [1.165, 1.54) is 43.5 Å². The number of nitro groups is 1. The number of β-lactam (4-membered cyclic amide) rings is 1. The number of nitrogen functional groups attached to an aromatic ring is 1. The first-order valence-electron chi connectivity index (χ1n) is 11.5. The Balaban J connectivity index is 0.00000588. The standard InChI is InChI=1S/C22H26N6O10S2.Na/c1-11(2)17-16(19(30)27(17)40(34,35)36)25-18(29)15(14-10-39-21(23)24-14)26-38-22(3,4)20(31)37-9-12-5-7-13(8-6-12)28(32)33;/h5-8,10-11,16-17H,9H2,1-4H3,(H2,23,24)(H,25,29)(H,34,35,36);/q;+1/p-1/t16-,17+;/m0./s1. The Hall–Kier alpha value is -3.16. The van der Waals surface area contributed by atoms with Crippen LogP contribution < -0.4 is 40.6 Å². The van der Waals surface area contributed by atoms with Crippen LogP contribution in [0.4, 0.5) is 10.8 Å². The number of carbonyl (C=O) groups excluding carboxylic acids is 3. The van der Waals surface area contributed by atoms with E-state index in [0.29, 0.717) is 5.56 Å². The SMILES string of the molecule is CC(C)[C@@H]1[C@H](NC(=O)C(=NOC(C)(C)C(=O)OCc2ccc([N+](=O)[O-])cc2)c2csc(N)n2)C(=O)N1S(=O)(=O)[O-].[Na+]. The number of nitro benzene ring substituents is 1. The molecule has 16 nitrogen and oxygen atoms in total. The number of nitrogens with one attached hydrogen (secondary N) is 1.